The van der Waals surface area contributed by atoms with Gasteiger partial charge in [0.2, 0.25) is 5.91 Å². The first-order valence-corrected chi connectivity index (χ1v) is 7.42. The molecule has 1 aromatic carbocycles. The summed E-state index contributed by atoms with van der Waals surface area (Å²) in [6.07, 6.45) is 6.28. The van der Waals surface area contributed by atoms with Crippen LogP contribution in [-0.2, 0) is 4.79 Å². The third kappa shape index (κ3) is 3.60. The molecular weight excluding hydrogens is 248 g/mol. The van der Waals surface area contributed by atoms with Crippen LogP contribution in [0.2, 0.25) is 0 Å². The summed E-state index contributed by atoms with van der Waals surface area (Å²) in [7, 11) is 1.82. The van der Waals surface area contributed by atoms with E-state index in [0.717, 1.165) is 12.1 Å². The molecule has 1 atom stereocenters. The zero-order valence-electron chi connectivity index (χ0n) is 12.1. The lowest BCUT2D eigenvalue weighted by Crippen LogP contribution is -2.35. The van der Waals surface area contributed by atoms with E-state index in [1.807, 2.05) is 37.4 Å². The Morgan fingerprint density at radius 1 is 1.30 bits per heavy atom. The average molecular weight is 270 g/mol. The number of carbonyl (C=O) groups is 1. The number of nitriles is 1. The van der Waals surface area contributed by atoms with Gasteiger partial charge >= 0.3 is 0 Å². The monoisotopic (exact) mass is 270 g/mol. The molecule has 20 heavy (non-hydrogen) atoms. The van der Waals surface area contributed by atoms with Crippen LogP contribution in [0, 0.1) is 17.2 Å². The van der Waals surface area contributed by atoms with Crippen molar-refractivity contribution in [2.45, 2.75) is 38.0 Å². The summed E-state index contributed by atoms with van der Waals surface area (Å²) >= 11 is 0. The number of benzene rings is 1. The minimum absolute atomic E-state index is 0.0794. The van der Waals surface area contributed by atoms with Crippen LogP contribution in [0.3, 0.4) is 0 Å². The van der Waals surface area contributed by atoms with Crippen molar-refractivity contribution in [3.05, 3.63) is 35.9 Å². The van der Waals surface area contributed by atoms with E-state index >= 15 is 0 Å². The lowest BCUT2D eigenvalue weighted by Gasteiger charge is -2.28. The molecule has 1 amide bonds. The number of hydrogen-bond acceptors (Lipinski definition) is 2. The molecule has 0 aliphatic heterocycles. The molecule has 2 rings (SSSR count). The second-order valence-corrected chi connectivity index (χ2v) is 5.70. The number of likely N-dealkylation sites (N-methyl/N-ethyl adjacent to an activating group) is 1. The van der Waals surface area contributed by atoms with Crippen LogP contribution in [0.15, 0.2) is 30.3 Å². The first-order valence-electron chi connectivity index (χ1n) is 7.42. The maximum absolute atomic E-state index is 12.5. The molecule has 1 aromatic rings. The second-order valence-electron chi connectivity index (χ2n) is 5.70. The van der Waals surface area contributed by atoms with Crippen LogP contribution in [0.25, 0.3) is 0 Å². The Morgan fingerprint density at radius 3 is 2.55 bits per heavy atom. The van der Waals surface area contributed by atoms with E-state index in [9.17, 15) is 10.1 Å². The largest absolute Gasteiger partial charge is 0.344 e. The normalized spacial score (nSPS) is 17.2. The van der Waals surface area contributed by atoms with Crippen LogP contribution in [0.1, 0.15) is 43.6 Å². The Balaban J connectivity index is 1.99. The Bertz CT molecular complexity index is 472. The van der Waals surface area contributed by atoms with E-state index in [0.29, 0.717) is 5.92 Å². The fourth-order valence-corrected chi connectivity index (χ4v) is 2.99. The van der Waals surface area contributed by atoms with Crippen LogP contribution in [0.4, 0.5) is 0 Å². The molecule has 0 radical (unpaired) electrons. The number of hydrogen-bond donors (Lipinski definition) is 0. The van der Waals surface area contributed by atoms with Crippen LogP contribution in [0.5, 0.6) is 0 Å². The van der Waals surface area contributed by atoms with Crippen LogP contribution >= 0.6 is 0 Å². The van der Waals surface area contributed by atoms with Gasteiger partial charge in [0.25, 0.3) is 0 Å². The van der Waals surface area contributed by atoms with Gasteiger partial charge in [-0.1, -0.05) is 49.6 Å². The van der Waals surface area contributed by atoms with Gasteiger partial charge < -0.3 is 4.90 Å². The summed E-state index contributed by atoms with van der Waals surface area (Å²) in [6.45, 7) is 0.782. The standard InChI is InChI=1S/C17H22N2O/c1-19(13-14-8-4-2-5-9-14)17(20)16(12-18)15-10-6-3-7-11-15/h3,6-7,10-11,14,16H,2,4-5,8-9,13H2,1H3. The highest BCUT2D eigenvalue weighted by Crippen LogP contribution is 2.25. The minimum Gasteiger partial charge on any atom is -0.344 e. The first-order chi connectivity index (χ1) is 9.72. The highest BCUT2D eigenvalue weighted by Gasteiger charge is 2.25. The molecule has 0 heterocycles. The van der Waals surface area contributed by atoms with Crippen molar-refractivity contribution < 1.29 is 4.79 Å². The summed E-state index contributed by atoms with van der Waals surface area (Å²) in [5, 5.41) is 9.31. The SMILES string of the molecule is CN(CC1CCCCC1)C(=O)C(C#N)c1ccccc1. The van der Waals surface area contributed by atoms with E-state index in [-0.39, 0.29) is 5.91 Å². The summed E-state index contributed by atoms with van der Waals surface area (Å²) < 4.78 is 0. The quantitative estimate of drug-likeness (QED) is 0.842. The molecule has 0 bridgehead atoms. The fraction of sp³-hybridized carbons (Fsp3) is 0.529. The van der Waals surface area contributed by atoms with Gasteiger partial charge in [-0.2, -0.15) is 5.26 Å². The molecule has 1 unspecified atom stereocenters. The minimum atomic E-state index is -0.676. The highest BCUT2D eigenvalue weighted by atomic mass is 16.2. The molecule has 3 nitrogen and oxygen atoms in total. The van der Waals surface area contributed by atoms with Crippen molar-refractivity contribution in [3.8, 4) is 6.07 Å². The van der Waals surface area contributed by atoms with Gasteiger partial charge in [0.15, 0.2) is 0 Å². The van der Waals surface area contributed by atoms with Gasteiger partial charge in [0.1, 0.15) is 5.92 Å². The Labute approximate surface area is 121 Å². The predicted molar refractivity (Wildman–Crippen MR) is 79.0 cm³/mol. The molecule has 106 valence electrons. The molecule has 0 spiro atoms. The summed E-state index contributed by atoms with van der Waals surface area (Å²) in [5.41, 5.74) is 0.787. The van der Waals surface area contributed by atoms with E-state index in [2.05, 4.69) is 6.07 Å². The van der Waals surface area contributed by atoms with Crippen molar-refractivity contribution in [2.75, 3.05) is 13.6 Å². The fourth-order valence-electron chi connectivity index (χ4n) is 2.99. The third-order valence-corrected chi connectivity index (χ3v) is 4.14. The Morgan fingerprint density at radius 2 is 1.95 bits per heavy atom. The van der Waals surface area contributed by atoms with Gasteiger partial charge in [-0.25, -0.2) is 0 Å². The molecule has 1 aliphatic rings. The highest BCUT2D eigenvalue weighted by molar-refractivity contribution is 5.86. The van der Waals surface area contributed by atoms with E-state index in [1.54, 1.807) is 4.90 Å². The predicted octanol–water partition coefficient (Wildman–Crippen LogP) is 3.33. The topological polar surface area (TPSA) is 44.1 Å². The lowest BCUT2D eigenvalue weighted by molar-refractivity contribution is -0.130. The smallest absolute Gasteiger partial charge is 0.244 e. The molecule has 3 heteroatoms. The van der Waals surface area contributed by atoms with Crippen molar-refractivity contribution in [1.82, 2.24) is 4.90 Å². The average Bonchev–Trinajstić information content (AvgIpc) is 2.50. The molecule has 1 aliphatic carbocycles. The molecule has 0 aromatic heterocycles. The van der Waals surface area contributed by atoms with Gasteiger partial charge in [-0.15, -0.1) is 0 Å². The van der Waals surface area contributed by atoms with Crippen molar-refractivity contribution in [2.24, 2.45) is 5.92 Å². The summed E-state index contributed by atoms with van der Waals surface area (Å²) in [6, 6.07) is 11.5. The van der Waals surface area contributed by atoms with Gasteiger partial charge in [0, 0.05) is 13.6 Å². The molecule has 1 saturated carbocycles. The van der Waals surface area contributed by atoms with Crippen LogP contribution < -0.4 is 0 Å². The lowest BCUT2D eigenvalue weighted by atomic mass is 9.88. The molecule has 0 N–H and O–H groups in total. The van der Waals surface area contributed by atoms with Gasteiger partial charge in [0.05, 0.1) is 6.07 Å². The van der Waals surface area contributed by atoms with Crippen molar-refractivity contribution in [3.63, 3.8) is 0 Å². The van der Waals surface area contributed by atoms with Crippen LogP contribution in [-0.4, -0.2) is 24.4 Å². The van der Waals surface area contributed by atoms with Crippen molar-refractivity contribution in [1.29, 1.82) is 5.26 Å². The Hall–Kier alpha value is -1.82. The summed E-state index contributed by atoms with van der Waals surface area (Å²) in [4.78, 5) is 14.2. The maximum atomic E-state index is 12.5. The first kappa shape index (κ1) is 14.6. The number of carbonyl (C=O) groups excluding carboxylic acids is 1. The second kappa shape index (κ2) is 7.09. The van der Waals surface area contributed by atoms with E-state index in [1.165, 1.54) is 32.1 Å². The number of nitrogens with zero attached hydrogens (tertiary/aromatic N) is 2. The molecule has 1 fully saturated rings. The molecule has 0 saturated heterocycles. The third-order valence-electron chi connectivity index (χ3n) is 4.14. The van der Waals surface area contributed by atoms with Gasteiger partial charge in [-0.3, -0.25) is 4.79 Å². The Kier molecular flexibility index (Phi) is 5.17. The molecular formula is C17H22N2O. The zero-order valence-corrected chi connectivity index (χ0v) is 12.1. The number of amides is 1. The van der Waals surface area contributed by atoms with Crippen molar-refractivity contribution >= 4 is 5.91 Å². The summed E-state index contributed by atoms with van der Waals surface area (Å²) in [5.74, 6) is -0.151. The van der Waals surface area contributed by atoms with Gasteiger partial charge in [-0.05, 0) is 24.3 Å². The number of rotatable bonds is 4. The maximum Gasteiger partial charge on any atom is 0.244 e. The zero-order chi connectivity index (χ0) is 14.4. The van der Waals surface area contributed by atoms with E-state index < -0.39 is 5.92 Å². The van der Waals surface area contributed by atoms with E-state index in [4.69, 9.17) is 0 Å².